The van der Waals surface area contributed by atoms with Crippen molar-refractivity contribution in [3.63, 3.8) is 0 Å². The summed E-state index contributed by atoms with van der Waals surface area (Å²) in [4.78, 5) is 0. The highest BCUT2D eigenvalue weighted by molar-refractivity contribution is 5.33. The molecule has 1 aliphatic rings. The van der Waals surface area contributed by atoms with Gasteiger partial charge in [0.1, 0.15) is 5.75 Å². The van der Waals surface area contributed by atoms with Crippen LogP contribution in [0.3, 0.4) is 0 Å². The molecule has 0 radical (unpaired) electrons. The van der Waals surface area contributed by atoms with Crippen molar-refractivity contribution in [3.8, 4) is 5.75 Å². The Balaban J connectivity index is 2.08. The standard InChI is InChI=1S/C19H31NO/c1-4-7-15-10-11-17(14-20-2)18(12-15)13-16-8-5-6-9-19(16)21-3/h5-6,8-9,15,17-18,20H,4,7,10-14H2,1-3H3. The van der Waals surface area contributed by atoms with E-state index >= 15 is 0 Å². The van der Waals surface area contributed by atoms with Crippen LogP contribution in [-0.2, 0) is 6.42 Å². The van der Waals surface area contributed by atoms with Gasteiger partial charge in [-0.1, -0.05) is 44.4 Å². The van der Waals surface area contributed by atoms with E-state index in [2.05, 4.69) is 43.6 Å². The Kier molecular flexibility index (Phi) is 6.56. The molecular formula is C19H31NO. The Morgan fingerprint density at radius 3 is 2.71 bits per heavy atom. The number of hydrogen-bond donors (Lipinski definition) is 1. The fourth-order valence-corrected chi connectivity index (χ4v) is 4.03. The summed E-state index contributed by atoms with van der Waals surface area (Å²) in [5, 5.41) is 3.40. The average Bonchev–Trinajstić information content (AvgIpc) is 2.51. The van der Waals surface area contributed by atoms with E-state index in [9.17, 15) is 0 Å². The molecule has 0 aromatic heterocycles. The number of rotatable bonds is 7. The van der Waals surface area contributed by atoms with Gasteiger partial charge in [0.25, 0.3) is 0 Å². The first kappa shape index (κ1) is 16.4. The molecular weight excluding hydrogens is 258 g/mol. The molecule has 0 heterocycles. The zero-order valence-corrected chi connectivity index (χ0v) is 13.9. The maximum absolute atomic E-state index is 5.54. The molecule has 1 saturated carbocycles. The number of hydrogen-bond acceptors (Lipinski definition) is 2. The van der Waals surface area contributed by atoms with Crippen LogP contribution in [0, 0.1) is 17.8 Å². The van der Waals surface area contributed by atoms with Crippen molar-refractivity contribution in [2.24, 2.45) is 17.8 Å². The predicted octanol–water partition coefficient (Wildman–Crippen LogP) is 4.29. The van der Waals surface area contributed by atoms with E-state index in [-0.39, 0.29) is 0 Å². The molecule has 2 rings (SSSR count). The molecule has 1 fully saturated rings. The summed E-state index contributed by atoms with van der Waals surface area (Å²) in [5.74, 6) is 3.59. The predicted molar refractivity (Wildman–Crippen MR) is 89.9 cm³/mol. The maximum Gasteiger partial charge on any atom is 0.122 e. The minimum atomic E-state index is 0.791. The summed E-state index contributed by atoms with van der Waals surface area (Å²) in [6.07, 6.45) is 8.07. The zero-order valence-electron chi connectivity index (χ0n) is 13.9. The van der Waals surface area contributed by atoms with E-state index in [0.29, 0.717) is 0 Å². The molecule has 21 heavy (non-hydrogen) atoms. The molecule has 3 atom stereocenters. The first-order valence-corrected chi connectivity index (χ1v) is 8.55. The lowest BCUT2D eigenvalue weighted by Crippen LogP contribution is -2.33. The van der Waals surface area contributed by atoms with Crippen LogP contribution in [0.15, 0.2) is 24.3 Å². The second kappa shape index (κ2) is 8.43. The Morgan fingerprint density at radius 1 is 1.19 bits per heavy atom. The quantitative estimate of drug-likeness (QED) is 0.808. The molecule has 118 valence electrons. The van der Waals surface area contributed by atoms with Gasteiger partial charge in [0.05, 0.1) is 7.11 Å². The van der Waals surface area contributed by atoms with Gasteiger partial charge in [0, 0.05) is 0 Å². The lowest BCUT2D eigenvalue weighted by Gasteiger charge is -2.36. The van der Waals surface area contributed by atoms with Crippen molar-refractivity contribution in [2.75, 3.05) is 20.7 Å². The Morgan fingerprint density at radius 2 is 2.00 bits per heavy atom. The van der Waals surface area contributed by atoms with Gasteiger partial charge in [0.15, 0.2) is 0 Å². The molecule has 0 aliphatic heterocycles. The number of methoxy groups -OCH3 is 1. The topological polar surface area (TPSA) is 21.3 Å². The molecule has 1 aromatic carbocycles. The van der Waals surface area contributed by atoms with Gasteiger partial charge in [-0.05, 0) is 62.2 Å². The summed E-state index contributed by atoms with van der Waals surface area (Å²) < 4.78 is 5.54. The van der Waals surface area contributed by atoms with Crippen LogP contribution in [0.1, 0.15) is 44.6 Å². The third-order valence-corrected chi connectivity index (χ3v) is 5.09. The number of ether oxygens (including phenoxy) is 1. The fourth-order valence-electron chi connectivity index (χ4n) is 4.03. The first-order chi connectivity index (χ1) is 10.3. The third-order valence-electron chi connectivity index (χ3n) is 5.09. The summed E-state index contributed by atoms with van der Waals surface area (Å²) in [6, 6.07) is 8.53. The molecule has 0 spiro atoms. The summed E-state index contributed by atoms with van der Waals surface area (Å²) >= 11 is 0. The molecule has 1 aliphatic carbocycles. The average molecular weight is 289 g/mol. The Hall–Kier alpha value is -1.02. The van der Waals surface area contributed by atoms with Crippen molar-refractivity contribution >= 4 is 0 Å². The van der Waals surface area contributed by atoms with Gasteiger partial charge in [-0.3, -0.25) is 0 Å². The summed E-state index contributed by atoms with van der Waals surface area (Å²) in [7, 11) is 3.86. The number of nitrogens with one attached hydrogen (secondary N) is 1. The van der Waals surface area contributed by atoms with Crippen LogP contribution in [0.5, 0.6) is 5.75 Å². The van der Waals surface area contributed by atoms with Gasteiger partial charge < -0.3 is 10.1 Å². The first-order valence-electron chi connectivity index (χ1n) is 8.55. The van der Waals surface area contributed by atoms with E-state index in [0.717, 1.165) is 36.5 Å². The van der Waals surface area contributed by atoms with E-state index in [1.54, 1.807) is 7.11 Å². The largest absolute Gasteiger partial charge is 0.496 e. The van der Waals surface area contributed by atoms with Crippen molar-refractivity contribution in [1.82, 2.24) is 5.32 Å². The van der Waals surface area contributed by atoms with Crippen LogP contribution in [-0.4, -0.2) is 20.7 Å². The second-order valence-corrected chi connectivity index (χ2v) is 6.56. The molecule has 1 aromatic rings. The number of benzene rings is 1. The lowest BCUT2D eigenvalue weighted by molar-refractivity contribution is 0.168. The van der Waals surface area contributed by atoms with Gasteiger partial charge in [-0.15, -0.1) is 0 Å². The van der Waals surface area contributed by atoms with E-state index in [4.69, 9.17) is 4.74 Å². The van der Waals surface area contributed by atoms with E-state index in [1.165, 1.54) is 37.7 Å². The van der Waals surface area contributed by atoms with Crippen LogP contribution in [0.25, 0.3) is 0 Å². The normalized spacial score (nSPS) is 25.8. The van der Waals surface area contributed by atoms with Crippen molar-refractivity contribution in [2.45, 2.75) is 45.4 Å². The molecule has 0 amide bonds. The molecule has 2 heteroatoms. The van der Waals surface area contributed by atoms with Gasteiger partial charge in [0.2, 0.25) is 0 Å². The van der Waals surface area contributed by atoms with E-state index < -0.39 is 0 Å². The Bertz CT molecular complexity index is 418. The van der Waals surface area contributed by atoms with Crippen LogP contribution in [0.2, 0.25) is 0 Å². The molecule has 0 saturated heterocycles. The van der Waals surface area contributed by atoms with E-state index in [1.807, 2.05) is 0 Å². The monoisotopic (exact) mass is 289 g/mol. The highest BCUT2D eigenvalue weighted by Crippen LogP contribution is 2.38. The van der Waals surface area contributed by atoms with Gasteiger partial charge in [-0.2, -0.15) is 0 Å². The highest BCUT2D eigenvalue weighted by Gasteiger charge is 2.30. The van der Waals surface area contributed by atoms with Crippen LogP contribution in [0.4, 0.5) is 0 Å². The summed E-state index contributed by atoms with van der Waals surface area (Å²) in [6.45, 7) is 3.47. The van der Waals surface area contributed by atoms with Crippen LogP contribution >= 0.6 is 0 Å². The second-order valence-electron chi connectivity index (χ2n) is 6.56. The molecule has 1 N–H and O–H groups in total. The van der Waals surface area contributed by atoms with Crippen molar-refractivity contribution < 1.29 is 4.74 Å². The fraction of sp³-hybridized carbons (Fsp3) is 0.684. The molecule has 2 nitrogen and oxygen atoms in total. The smallest absolute Gasteiger partial charge is 0.122 e. The maximum atomic E-state index is 5.54. The lowest BCUT2D eigenvalue weighted by atomic mass is 9.70. The molecule has 3 unspecified atom stereocenters. The molecule has 0 bridgehead atoms. The minimum Gasteiger partial charge on any atom is -0.496 e. The Labute approximate surface area is 130 Å². The van der Waals surface area contributed by atoms with Gasteiger partial charge in [-0.25, -0.2) is 0 Å². The van der Waals surface area contributed by atoms with Crippen molar-refractivity contribution in [3.05, 3.63) is 29.8 Å². The third kappa shape index (κ3) is 4.47. The van der Waals surface area contributed by atoms with Crippen LogP contribution < -0.4 is 10.1 Å². The minimum absolute atomic E-state index is 0.791. The SMILES string of the molecule is CCCC1CCC(CNC)C(Cc2ccccc2OC)C1. The van der Waals surface area contributed by atoms with Gasteiger partial charge >= 0.3 is 0 Å². The summed E-state index contributed by atoms with van der Waals surface area (Å²) in [5.41, 5.74) is 1.38. The highest BCUT2D eigenvalue weighted by atomic mass is 16.5. The van der Waals surface area contributed by atoms with Crippen molar-refractivity contribution in [1.29, 1.82) is 0 Å². The zero-order chi connectivity index (χ0) is 15.1. The number of para-hydroxylation sites is 1.